The largest absolute Gasteiger partial charge is 0.336 e. The van der Waals surface area contributed by atoms with E-state index in [1.165, 1.54) is 15.9 Å². The van der Waals surface area contributed by atoms with E-state index in [2.05, 4.69) is 27.5 Å². The van der Waals surface area contributed by atoms with Gasteiger partial charge in [0.25, 0.3) is 0 Å². The first-order valence-electron chi connectivity index (χ1n) is 8.07. The van der Waals surface area contributed by atoms with Crippen molar-refractivity contribution >= 4 is 17.5 Å². The topological polar surface area (TPSA) is 63.9 Å². The van der Waals surface area contributed by atoms with Gasteiger partial charge < -0.3 is 4.90 Å². The number of hydrogen-bond acceptors (Lipinski definition) is 4. The summed E-state index contributed by atoms with van der Waals surface area (Å²) in [5, 5.41) is 13.0. The van der Waals surface area contributed by atoms with E-state index < -0.39 is 0 Å². The first-order chi connectivity index (χ1) is 12.2. The minimum Gasteiger partial charge on any atom is -0.336 e. The Kier molecular flexibility index (Phi) is 4.19. The van der Waals surface area contributed by atoms with Crippen molar-refractivity contribution < 1.29 is 4.79 Å². The van der Waals surface area contributed by atoms with Gasteiger partial charge in [-0.05, 0) is 47.0 Å². The van der Waals surface area contributed by atoms with Gasteiger partial charge in [0.15, 0.2) is 0 Å². The van der Waals surface area contributed by atoms with E-state index in [0.717, 1.165) is 12.0 Å². The van der Waals surface area contributed by atoms with Gasteiger partial charge in [0.1, 0.15) is 6.54 Å². The summed E-state index contributed by atoms with van der Waals surface area (Å²) < 4.78 is 0. The fourth-order valence-corrected chi connectivity index (χ4v) is 3.08. The van der Waals surface area contributed by atoms with Crippen LogP contribution in [0.25, 0.3) is 11.4 Å². The van der Waals surface area contributed by atoms with Crippen molar-refractivity contribution in [2.45, 2.75) is 19.5 Å². The molecule has 0 atom stereocenters. The number of carbonyl (C=O) groups is 1. The van der Waals surface area contributed by atoms with E-state index in [1.54, 1.807) is 12.1 Å². The molecule has 1 aliphatic rings. The smallest absolute Gasteiger partial charge is 0.246 e. The van der Waals surface area contributed by atoms with Crippen LogP contribution in [0.3, 0.4) is 0 Å². The molecule has 3 aromatic rings. The van der Waals surface area contributed by atoms with Crippen LogP contribution < -0.4 is 0 Å². The highest BCUT2D eigenvalue weighted by Crippen LogP contribution is 2.19. The summed E-state index contributed by atoms with van der Waals surface area (Å²) in [6.07, 6.45) is 0.878. The third kappa shape index (κ3) is 3.39. The highest BCUT2D eigenvalue weighted by molar-refractivity contribution is 6.30. The van der Waals surface area contributed by atoms with Crippen LogP contribution in [0, 0.1) is 0 Å². The zero-order valence-corrected chi connectivity index (χ0v) is 14.2. The van der Waals surface area contributed by atoms with Gasteiger partial charge in [0.2, 0.25) is 11.7 Å². The lowest BCUT2D eigenvalue weighted by Crippen LogP contribution is -2.38. The number of tetrazole rings is 1. The average molecular weight is 354 g/mol. The zero-order chi connectivity index (χ0) is 17.2. The van der Waals surface area contributed by atoms with Crippen molar-refractivity contribution in [3.05, 3.63) is 64.7 Å². The summed E-state index contributed by atoms with van der Waals surface area (Å²) in [5.74, 6) is 0.475. The molecule has 1 aromatic heterocycles. The molecular weight excluding hydrogens is 338 g/mol. The molecule has 0 radical (unpaired) electrons. The van der Waals surface area contributed by atoms with E-state index in [1.807, 2.05) is 29.2 Å². The normalized spacial score (nSPS) is 13.6. The Hall–Kier alpha value is -2.73. The SMILES string of the molecule is O=C(Cn1nnc(-c2ccc(Cl)cc2)n1)N1CCc2ccccc2C1. The van der Waals surface area contributed by atoms with Gasteiger partial charge >= 0.3 is 0 Å². The molecule has 0 saturated carbocycles. The van der Waals surface area contributed by atoms with Gasteiger partial charge in [-0.15, -0.1) is 10.2 Å². The van der Waals surface area contributed by atoms with Crippen molar-refractivity contribution in [2.75, 3.05) is 6.54 Å². The van der Waals surface area contributed by atoms with Gasteiger partial charge in [0.05, 0.1) is 0 Å². The molecule has 0 saturated heterocycles. The third-order valence-electron chi connectivity index (χ3n) is 4.32. The Morgan fingerprint density at radius 3 is 2.64 bits per heavy atom. The molecule has 126 valence electrons. The van der Waals surface area contributed by atoms with Crippen molar-refractivity contribution in [3.8, 4) is 11.4 Å². The van der Waals surface area contributed by atoms with Crippen LogP contribution in [0.1, 0.15) is 11.1 Å². The predicted molar refractivity (Wildman–Crippen MR) is 93.8 cm³/mol. The lowest BCUT2D eigenvalue weighted by atomic mass is 10.00. The predicted octanol–water partition coefficient (Wildman–Crippen LogP) is 2.58. The molecule has 25 heavy (non-hydrogen) atoms. The Labute approximate surface area is 150 Å². The highest BCUT2D eigenvalue weighted by Gasteiger charge is 2.21. The summed E-state index contributed by atoms with van der Waals surface area (Å²) in [6.45, 7) is 1.44. The maximum Gasteiger partial charge on any atom is 0.246 e. The molecule has 2 aromatic carbocycles. The van der Waals surface area contributed by atoms with Gasteiger partial charge in [-0.25, -0.2) is 0 Å². The van der Waals surface area contributed by atoms with Gasteiger partial charge in [-0.2, -0.15) is 4.80 Å². The number of carbonyl (C=O) groups excluding carboxylic acids is 1. The van der Waals surface area contributed by atoms with Crippen LogP contribution in [0.2, 0.25) is 5.02 Å². The molecule has 4 rings (SSSR count). The summed E-state index contributed by atoms with van der Waals surface area (Å²) in [4.78, 5) is 15.7. The van der Waals surface area contributed by atoms with E-state index >= 15 is 0 Å². The van der Waals surface area contributed by atoms with Crippen LogP contribution in [-0.4, -0.2) is 37.6 Å². The first-order valence-corrected chi connectivity index (χ1v) is 8.45. The highest BCUT2D eigenvalue weighted by atomic mass is 35.5. The van der Waals surface area contributed by atoms with Crippen LogP contribution >= 0.6 is 11.6 Å². The van der Waals surface area contributed by atoms with Gasteiger partial charge in [-0.1, -0.05) is 35.9 Å². The van der Waals surface area contributed by atoms with Crippen molar-refractivity contribution in [1.29, 1.82) is 0 Å². The Bertz CT molecular complexity index is 906. The minimum absolute atomic E-state index is 0.00504. The summed E-state index contributed by atoms with van der Waals surface area (Å²) in [5.41, 5.74) is 3.33. The van der Waals surface area contributed by atoms with E-state index in [0.29, 0.717) is 23.9 Å². The second-order valence-electron chi connectivity index (χ2n) is 5.98. The van der Waals surface area contributed by atoms with Crippen molar-refractivity contribution in [1.82, 2.24) is 25.1 Å². The molecule has 6 nitrogen and oxygen atoms in total. The lowest BCUT2D eigenvalue weighted by Gasteiger charge is -2.28. The first kappa shape index (κ1) is 15.8. The molecule has 2 heterocycles. The number of benzene rings is 2. The van der Waals surface area contributed by atoms with Crippen LogP contribution in [0.15, 0.2) is 48.5 Å². The maximum absolute atomic E-state index is 12.5. The number of aromatic nitrogens is 4. The molecule has 0 unspecified atom stereocenters. The van der Waals surface area contributed by atoms with Gasteiger partial charge in [0, 0.05) is 23.7 Å². The van der Waals surface area contributed by atoms with Crippen molar-refractivity contribution in [3.63, 3.8) is 0 Å². The summed E-state index contributed by atoms with van der Waals surface area (Å²) in [7, 11) is 0. The quantitative estimate of drug-likeness (QED) is 0.726. The van der Waals surface area contributed by atoms with Crippen LogP contribution in [0.4, 0.5) is 0 Å². The molecule has 7 heteroatoms. The number of amides is 1. The average Bonchev–Trinajstić information content (AvgIpc) is 3.10. The monoisotopic (exact) mass is 353 g/mol. The fourth-order valence-electron chi connectivity index (χ4n) is 2.95. The maximum atomic E-state index is 12.5. The fraction of sp³-hybridized carbons (Fsp3) is 0.222. The van der Waals surface area contributed by atoms with E-state index in [-0.39, 0.29) is 12.5 Å². The Morgan fingerprint density at radius 1 is 1.08 bits per heavy atom. The Morgan fingerprint density at radius 2 is 1.84 bits per heavy atom. The van der Waals surface area contributed by atoms with Crippen LogP contribution in [-0.2, 0) is 24.3 Å². The Balaban J connectivity index is 1.44. The third-order valence-corrected chi connectivity index (χ3v) is 4.57. The zero-order valence-electron chi connectivity index (χ0n) is 13.5. The van der Waals surface area contributed by atoms with Crippen molar-refractivity contribution in [2.24, 2.45) is 0 Å². The van der Waals surface area contributed by atoms with E-state index in [4.69, 9.17) is 11.6 Å². The van der Waals surface area contributed by atoms with Gasteiger partial charge in [-0.3, -0.25) is 4.79 Å². The molecule has 0 aliphatic carbocycles. The number of hydrogen-bond donors (Lipinski definition) is 0. The molecule has 1 aliphatic heterocycles. The minimum atomic E-state index is -0.00504. The molecule has 0 spiro atoms. The second-order valence-corrected chi connectivity index (χ2v) is 6.42. The standard InChI is InChI=1S/C18H16ClN5O/c19-16-7-5-14(6-8-16)18-20-22-24(21-18)12-17(25)23-10-9-13-3-1-2-4-15(13)11-23/h1-8H,9-12H2. The van der Waals surface area contributed by atoms with E-state index in [9.17, 15) is 4.79 Å². The number of halogens is 1. The number of rotatable bonds is 3. The number of fused-ring (bicyclic) bond motifs is 1. The molecular formula is C18H16ClN5O. The molecule has 0 bridgehead atoms. The van der Waals surface area contributed by atoms with Crippen LogP contribution in [0.5, 0.6) is 0 Å². The molecule has 0 N–H and O–H groups in total. The number of nitrogens with zero attached hydrogens (tertiary/aromatic N) is 5. The molecule has 1 amide bonds. The lowest BCUT2D eigenvalue weighted by molar-refractivity contribution is -0.133. The summed E-state index contributed by atoms with van der Waals surface area (Å²) >= 11 is 5.88. The summed E-state index contributed by atoms with van der Waals surface area (Å²) in [6, 6.07) is 15.4. The second kappa shape index (κ2) is 6.64. The molecule has 0 fully saturated rings.